The highest BCUT2D eigenvalue weighted by molar-refractivity contribution is 5.85. The van der Waals surface area contributed by atoms with Gasteiger partial charge in [-0.1, -0.05) is 142 Å². The molecule has 0 N–H and O–H groups in total. The van der Waals surface area contributed by atoms with Gasteiger partial charge in [0.05, 0.1) is 0 Å². The molecule has 7 aromatic carbocycles. The first-order chi connectivity index (χ1) is 26.0. The van der Waals surface area contributed by atoms with E-state index in [-0.39, 0.29) is 10.8 Å². The zero-order valence-electron chi connectivity index (χ0n) is 30.8. The quantitative estimate of drug-likeness (QED) is 0.157. The summed E-state index contributed by atoms with van der Waals surface area (Å²) < 4.78 is 0. The lowest BCUT2D eigenvalue weighted by atomic mass is 9.65. The second-order valence-corrected chi connectivity index (χ2v) is 15.3. The third-order valence-electron chi connectivity index (χ3n) is 11.9. The number of nitrogens with zero attached hydrogens (tertiary/aromatic N) is 2. The van der Waals surface area contributed by atoms with E-state index in [0.717, 1.165) is 29.9 Å². The summed E-state index contributed by atoms with van der Waals surface area (Å²) in [5.74, 6) is 0. The van der Waals surface area contributed by atoms with Crippen LogP contribution in [0.3, 0.4) is 0 Å². The molecule has 0 radical (unpaired) electrons. The monoisotopic (exact) mass is 686 g/mol. The van der Waals surface area contributed by atoms with Crippen LogP contribution in [-0.4, -0.2) is 0 Å². The van der Waals surface area contributed by atoms with Gasteiger partial charge in [0, 0.05) is 45.0 Å². The Morgan fingerprint density at radius 1 is 0.358 bits per heavy atom. The number of para-hydroxylation sites is 3. The third kappa shape index (κ3) is 5.83. The summed E-state index contributed by atoms with van der Waals surface area (Å²) in [6.45, 7) is 4.72. The van der Waals surface area contributed by atoms with Gasteiger partial charge < -0.3 is 9.80 Å². The standard InChI is InChI=1S/C51H46N2/c1-50(2)48-24-14-13-23-46(48)47-34-33-45(37-49(47)50)53(42-21-11-5-12-22-42)44-31-27-39(28-32-44)51(35-15-6-16-36-51)38-25-29-43(30-26-38)52(40-17-7-3-8-18-40)41-19-9-4-10-20-41/h3-5,7-14,17-34,37H,6,15-16,35-36H2,1-2H3. The Morgan fingerprint density at radius 2 is 0.755 bits per heavy atom. The van der Waals surface area contributed by atoms with E-state index in [1.54, 1.807) is 0 Å². The highest BCUT2D eigenvalue weighted by Crippen LogP contribution is 2.51. The maximum absolute atomic E-state index is 2.43. The van der Waals surface area contributed by atoms with Gasteiger partial charge in [0.15, 0.2) is 0 Å². The van der Waals surface area contributed by atoms with Crippen molar-refractivity contribution in [1.29, 1.82) is 0 Å². The summed E-state index contributed by atoms with van der Waals surface area (Å²) in [5, 5.41) is 0. The topological polar surface area (TPSA) is 6.48 Å². The summed E-state index contributed by atoms with van der Waals surface area (Å²) in [4.78, 5) is 4.77. The fourth-order valence-electron chi connectivity index (χ4n) is 9.22. The minimum absolute atomic E-state index is 0.0133. The van der Waals surface area contributed by atoms with E-state index < -0.39 is 0 Å². The van der Waals surface area contributed by atoms with Crippen molar-refractivity contribution < 1.29 is 0 Å². The van der Waals surface area contributed by atoms with Crippen LogP contribution in [0.15, 0.2) is 182 Å². The molecule has 0 aromatic heterocycles. The van der Waals surface area contributed by atoms with E-state index in [2.05, 4.69) is 206 Å². The third-order valence-corrected chi connectivity index (χ3v) is 11.9. The number of hydrogen-bond acceptors (Lipinski definition) is 2. The molecule has 0 amide bonds. The van der Waals surface area contributed by atoms with E-state index in [0.29, 0.717) is 0 Å². The van der Waals surface area contributed by atoms with Crippen molar-refractivity contribution >= 4 is 34.1 Å². The molecule has 0 aliphatic heterocycles. The van der Waals surface area contributed by atoms with E-state index in [9.17, 15) is 0 Å². The van der Waals surface area contributed by atoms with Crippen LogP contribution < -0.4 is 9.80 Å². The SMILES string of the molecule is CC1(C)c2ccccc2-c2ccc(N(c3ccccc3)c3ccc(C4(c5ccc(N(c6ccccc6)c6ccccc6)cc5)CCCCC4)cc3)cc21. The molecular formula is C51H46N2. The average molecular weight is 687 g/mol. The second kappa shape index (κ2) is 13.6. The summed E-state index contributed by atoms with van der Waals surface area (Å²) in [7, 11) is 0. The first kappa shape index (κ1) is 33.0. The van der Waals surface area contributed by atoms with Gasteiger partial charge in [0.1, 0.15) is 0 Å². The van der Waals surface area contributed by atoms with Crippen molar-refractivity contribution in [3.63, 3.8) is 0 Å². The van der Waals surface area contributed by atoms with Crippen LogP contribution in [0.5, 0.6) is 0 Å². The van der Waals surface area contributed by atoms with Gasteiger partial charge in [-0.25, -0.2) is 0 Å². The Bertz CT molecular complexity index is 2280. The van der Waals surface area contributed by atoms with Crippen LogP contribution in [0.4, 0.5) is 34.1 Å². The molecule has 1 saturated carbocycles. The lowest BCUT2D eigenvalue weighted by molar-refractivity contribution is 0.346. The van der Waals surface area contributed by atoms with Crippen LogP contribution in [0.2, 0.25) is 0 Å². The zero-order valence-corrected chi connectivity index (χ0v) is 30.8. The van der Waals surface area contributed by atoms with Gasteiger partial charge in [-0.3, -0.25) is 0 Å². The molecule has 2 aliphatic carbocycles. The zero-order chi connectivity index (χ0) is 35.8. The van der Waals surface area contributed by atoms with E-state index >= 15 is 0 Å². The average Bonchev–Trinajstić information content (AvgIpc) is 3.45. The Morgan fingerprint density at radius 3 is 1.26 bits per heavy atom. The summed E-state index contributed by atoms with van der Waals surface area (Å²) >= 11 is 0. The molecule has 0 spiro atoms. The van der Waals surface area contributed by atoms with Crippen LogP contribution >= 0.6 is 0 Å². The Balaban J connectivity index is 1.08. The molecule has 2 heteroatoms. The Labute approximate surface area is 315 Å². The van der Waals surface area contributed by atoms with Crippen molar-refractivity contribution in [3.8, 4) is 11.1 Å². The highest BCUT2D eigenvalue weighted by atomic mass is 15.1. The van der Waals surface area contributed by atoms with Gasteiger partial charge >= 0.3 is 0 Å². The Hall–Kier alpha value is -5.86. The molecule has 0 atom stereocenters. The van der Waals surface area contributed by atoms with Crippen molar-refractivity contribution in [3.05, 3.63) is 204 Å². The van der Waals surface area contributed by atoms with Crippen molar-refractivity contribution in [2.45, 2.75) is 56.8 Å². The fraction of sp³-hybridized carbons (Fsp3) is 0.176. The number of fused-ring (bicyclic) bond motifs is 3. The van der Waals surface area contributed by atoms with Gasteiger partial charge in [-0.15, -0.1) is 0 Å². The summed E-state index contributed by atoms with van der Waals surface area (Å²) in [6, 6.07) is 67.1. The fourth-order valence-corrected chi connectivity index (χ4v) is 9.22. The number of benzene rings is 7. The number of rotatable bonds is 8. The van der Waals surface area contributed by atoms with E-state index in [1.807, 2.05) is 0 Å². The molecule has 0 saturated heterocycles. The normalized spacial score (nSPS) is 15.3. The van der Waals surface area contributed by atoms with E-state index in [4.69, 9.17) is 0 Å². The van der Waals surface area contributed by atoms with Crippen LogP contribution in [0, 0.1) is 0 Å². The van der Waals surface area contributed by atoms with Crippen LogP contribution in [0.25, 0.3) is 11.1 Å². The molecular weight excluding hydrogens is 641 g/mol. The Kier molecular flexibility index (Phi) is 8.47. The molecule has 53 heavy (non-hydrogen) atoms. The lowest BCUT2D eigenvalue weighted by Gasteiger charge is -2.39. The minimum atomic E-state index is -0.0592. The molecule has 0 bridgehead atoms. The second-order valence-electron chi connectivity index (χ2n) is 15.3. The van der Waals surface area contributed by atoms with Gasteiger partial charge in [0.2, 0.25) is 0 Å². The maximum atomic E-state index is 2.43. The summed E-state index contributed by atoms with van der Waals surface area (Å²) in [5.41, 5.74) is 15.3. The largest absolute Gasteiger partial charge is 0.311 e. The maximum Gasteiger partial charge on any atom is 0.0465 e. The molecule has 2 aliphatic rings. The molecule has 0 unspecified atom stereocenters. The minimum Gasteiger partial charge on any atom is -0.311 e. The smallest absolute Gasteiger partial charge is 0.0465 e. The summed E-state index contributed by atoms with van der Waals surface area (Å²) in [6.07, 6.45) is 6.11. The highest BCUT2D eigenvalue weighted by Gasteiger charge is 2.37. The predicted octanol–water partition coefficient (Wildman–Crippen LogP) is 14.2. The number of hydrogen-bond donors (Lipinski definition) is 0. The van der Waals surface area contributed by atoms with Gasteiger partial charge in [0.25, 0.3) is 0 Å². The van der Waals surface area contributed by atoms with E-state index in [1.165, 1.54) is 69.7 Å². The molecule has 2 nitrogen and oxygen atoms in total. The molecule has 0 heterocycles. The molecule has 7 aromatic rings. The first-order valence-electron chi connectivity index (χ1n) is 19.2. The van der Waals surface area contributed by atoms with Crippen molar-refractivity contribution in [1.82, 2.24) is 0 Å². The molecule has 260 valence electrons. The molecule has 1 fully saturated rings. The van der Waals surface area contributed by atoms with Crippen molar-refractivity contribution in [2.24, 2.45) is 0 Å². The van der Waals surface area contributed by atoms with Crippen molar-refractivity contribution in [2.75, 3.05) is 9.80 Å². The lowest BCUT2D eigenvalue weighted by Crippen LogP contribution is -2.30. The first-order valence-corrected chi connectivity index (χ1v) is 19.2. The van der Waals surface area contributed by atoms with Gasteiger partial charge in [-0.05, 0) is 119 Å². The van der Waals surface area contributed by atoms with Gasteiger partial charge in [-0.2, -0.15) is 0 Å². The van der Waals surface area contributed by atoms with Crippen LogP contribution in [0.1, 0.15) is 68.2 Å². The number of anilines is 6. The van der Waals surface area contributed by atoms with Crippen LogP contribution in [-0.2, 0) is 10.8 Å². The predicted molar refractivity (Wildman–Crippen MR) is 224 cm³/mol. The molecule has 9 rings (SSSR count).